The largest absolute Gasteiger partial charge is 0.307 e. The number of aromatic nitrogens is 2. The molecule has 0 spiro atoms. The van der Waals surface area contributed by atoms with Crippen LogP contribution in [0, 0.1) is 17.5 Å². The van der Waals surface area contributed by atoms with Crippen LogP contribution in [0.2, 0.25) is 0 Å². The minimum Gasteiger partial charge on any atom is -0.307 e. The summed E-state index contributed by atoms with van der Waals surface area (Å²) in [6.07, 6.45) is 4.40. The molecule has 138 valence electrons. The lowest BCUT2D eigenvalue weighted by Crippen LogP contribution is -2.22. The number of aryl methyl sites for hydroxylation is 1. The van der Waals surface area contributed by atoms with Gasteiger partial charge in [-0.1, -0.05) is 24.3 Å². The van der Waals surface area contributed by atoms with Crippen LogP contribution in [0.25, 0.3) is 0 Å². The molecule has 0 radical (unpaired) electrons. The summed E-state index contributed by atoms with van der Waals surface area (Å²) in [6, 6.07) is 11.0. The van der Waals surface area contributed by atoms with E-state index in [1.165, 1.54) is 5.56 Å². The SMILES string of the molecule is O=C(Nc1ccnn1[C@@H]1CCCc2ccccc21)c1cc(F)c(F)c(F)c1. The fourth-order valence-corrected chi connectivity index (χ4v) is 3.52. The number of nitrogens with zero attached hydrogens (tertiary/aromatic N) is 2. The molecule has 0 fully saturated rings. The molecule has 1 aromatic heterocycles. The quantitative estimate of drug-likeness (QED) is 0.690. The Morgan fingerprint density at radius 3 is 2.63 bits per heavy atom. The van der Waals surface area contributed by atoms with Crippen molar-refractivity contribution >= 4 is 11.7 Å². The third kappa shape index (κ3) is 3.20. The van der Waals surface area contributed by atoms with Gasteiger partial charge < -0.3 is 5.32 Å². The van der Waals surface area contributed by atoms with Crippen LogP contribution in [-0.4, -0.2) is 15.7 Å². The van der Waals surface area contributed by atoms with Gasteiger partial charge in [-0.3, -0.25) is 4.79 Å². The Hall–Kier alpha value is -3.09. The molecule has 4 nitrogen and oxygen atoms in total. The predicted molar refractivity (Wildman–Crippen MR) is 94.0 cm³/mol. The monoisotopic (exact) mass is 371 g/mol. The van der Waals surface area contributed by atoms with Crippen molar-refractivity contribution in [1.29, 1.82) is 0 Å². The highest BCUT2D eigenvalue weighted by atomic mass is 19.2. The molecule has 3 aromatic rings. The molecule has 0 saturated carbocycles. The summed E-state index contributed by atoms with van der Waals surface area (Å²) in [5.41, 5.74) is 2.08. The van der Waals surface area contributed by atoms with Crippen LogP contribution in [0.1, 0.15) is 40.4 Å². The first-order chi connectivity index (χ1) is 13.0. The Balaban J connectivity index is 1.63. The van der Waals surface area contributed by atoms with Crippen LogP contribution in [0.3, 0.4) is 0 Å². The van der Waals surface area contributed by atoms with E-state index in [0.717, 1.165) is 24.8 Å². The highest BCUT2D eigenvalue weighted by Crippen LogP contribution is 2.34. The summed E-state index contributed by atoms with van der Waals surface area (Å²) in [5, 5.41) is 6.94. The van der Waals surface area contributed by atoms with E-state index in [9.17, 15) is 18.0 Å². The fourth-order valence-electron chi connectivity index (χ4n) is 3.52. The Bertz CT molecular complexity index is 992. The smallest absolute Gasteiger partial charge is 0.257 e. The third-order valence-electron chi connectivity index (χ3n) is 4.79. The number of amides is 1. The van der Waals surface area contributed by atoms with E-state index in [0.29, 0.717) is 18.0 Å². The van der Waals surface area contributed by atoms with Crippen LogP contribution >= 0.6 is 0 Å². The molecule has 0 aliphatic heterocycles. The molecule has 0 bridgehead atoms. The average molecular weight is 371 g/mol. The molecule has 1 atom stereocenters. The highest BCUT2D eigenvalue weighted by molar-refractivity contribution is 6.03. The van der Waals surface area contributed by atoms with Gasteiger partial charge in [0.15, 0.2) is 17.5 Å². The zero-order chi connectivity index (χ0) is 19.0. The van der Waals surface area contributed by atoms with Crippen LogP contribution in [0.15, 0.2) is 48.7 Å². The molecule has 1 aliphatic carbocycles. The van der Waals surface area contributed by atoms with Crippen molar-refractivity contribution in [1.82, 2.24) is 9.78 Å². The van der Waals surface area contributed by atoms with Gasteiger partial charge in [0.2, 0.25) is 0 Å². The van der Waals surface area contributed by atoms with Gasteiger partial charge in [0.05, 0.1) is 12.2 Å². The number of nitrogens with one attached hydrogen (secondary N) is 1. The topological polar surface area (TPSA) is 46.9 Å². The highest BCUT2D eigenvalue weighted by Gasteiger charge is 2.24. The number of halogens is 3. The zero-order valence-electron chi connectivity index (χ0n) is 14.3. The van der Waals surface area contributed by atoms with E-state index in [-0.39, 0.29) is 11.6 Å². The first-order valence-corrected chi connectivity index (χ1v) is 8.62. The first-order valence-electron chi connectivity index (χ1n) is 8.62. The first kappa shape index (κ1) is 17.3. The Morgan fingerprint density at radius 2 is 1.85 bits per heavy atom. The van der Waals surface area contributed by atoms with Crippen LogP contribution in [0.4, 0.5) is 19.0 Å². The van der Waals surface area contributed by atoms with E-state index in [1.807, 2.05) is 18.2 Å². The lowest BCUT2D eigenvalue weighted by atomic mass is 9.88. The lowest BCUT2D eigenvalue weighted by Gasteiger charge is -2.27. The van der Waals surface area contributed by atoms with Gasteiger partial charge in [-0.2, -0.15) is 5.10 Å². The predicted octanol–water partition coefficient (Wildman–Crippen LogP) is 4.48. The van der Waals surface area contributed by atoms with Gasteiger partial charge in [0.25, 0.3) is 5.91 Å². The van der Waals surface area contributed by atoms with Gasteiger partial charge in [0.1, 0.15) is 5.82 Å². The zero-order valence-corrected chi connectivity index (χ0v) is 14.3. The number of hydrogen-bond donors (Lipinski definition) is 1. The molecule has 0 unspecified atom stereocenters. The van der Waals surface area contributed by atoms with E-state index >= 15 is 0 Å². The van der Waals surface area contributed by atoms with Gasteiger partial charge in [-0.15, -0.1) is 0 Å². The standard InChI is InChI=1S/C20H16F3N3O/c21-15-10-13(11-16(22)19(15)23)20(27)25-18-8-9-24-26(18)17-7-3-5-12-4-1-2-6-14(12)17/h1-2,4,6,8-11,17H,3,5,7H2,(H,25,27)/t17-/m1/s1. The summed E-state index contributed by atoms with van der Waals surface area (Å²) in [7, 11) is 0. The molecule has 4 rings (SSSR count). The van der Waals surface area contributed by atoms with Crippen molar-refractivity contribution in [2.75, 3.05) is 5.32 Å². The molecule has 1 N–H and O–H groups in total. The number of benzene rings is 2. The number of fused-ring (bicyclic) bond motifs is 1. The van der Waals surface area contributed by atoms with E-state index in [4.69, 9.17) is 0 Å². The second-order valence-corrected chi connectivity index (χ2v) is 6.48. The average Bonchev–Trinajstić information content (AvgIpc) is 3.13. The normalized spacial score (nSPS) is 16.0. The Kier molecular flexibility index (Phi) is 4.43. The molecule has 2 aromatic carbocycles. The number of carbonyl (C=O) groups excluding carboxylic acids is 1. The van der Waals surface area contributed by atoms with Crippen molar-refractivity contribution in [3.63, 3.8) is 0 Å². The summed E-state index contributed by atoms with van der Waals surface area (Å²) in [4.78, 5) is 12.4. The van der Waals surface area contributed by atoms with Gasteiger partial charge in [0, 0.05) is 11.6 Å². The molecular formula is C20H16F3N3O. The van der Waals surface area contributed by atoms with Crippen molar-refractivity contribution in [3.8, 4) is 0 Å². The Labute approximate surface area is 153 Å². The molecule has 27 heavy (non-hydrogen) atoms. The van der Waals surface area contributed by atoms with Crippen molar-refractivity contribution in [3.05, 3.63) is 82.8 Å². The van der Waals surface area contributed by atoms with Crippen molar-refractivity contribution < 1.29 is 18.0 Å². The van der Waals surface area contributed by atoms with Crippen molar-refractivity contribution in [2.24, 2.45) is 0 Å². The minimum absolute atomic E-state index is 0.0399. The molecular weight excluding hydrogens is 355 g/mol. The second-order valence-electron chi connectivity index (χ2n) is 6.48. The maximum Gasteiger partial charge on any atom is 0.257 e. The maximum atomic E-state index is 13.4. The van der Waals surface area contributed by atoms with E-state index in [1.54, 1.807) is 16.9 Å². The van der Waals surface area contributed by atoms with Crippen LogP contribution < -0.4 is 5.32 Å². The summed E-state index contributed by atoms with van der Waals surface area (Å²) >= 11 is 0. The minimum atomic E-state index is -1.60. The summed E-state index contributed by atoms with van der Waals surface area (Å²) in [6.45, 7) is 0. The van der Waals surface area contributed by atoms with Crippen molar-refractivity contribution in [2.45, 2.75) is 25.3 Å². The van der Waals surface area contributed by atoms with Crippen LogP contribution in [0.5, 0.6) is 0 Å². The number of hydrogen-bond acceptors (Lipinski definition) is 2. The fraction of sp³-hybridized carbons (Fsp3) is 0.200. The van der Waals surface area contributed by atoms with E-state index in [2.05, 4.69) is 16.5 Å². The van der Waals surface area contributed by atoms with Gasteiger partial charge in [-0.05, 0) is 42.5 Å². The second kappa shape index (κ2) is 6.90. The van der Waals surface area contributed by atoms with E-state index < -0.39 is 23.4 Å². The van der Waals surface area contributed by atoms with Crippen LogP contribution in [-0.2, 0) is 6.42 Å². The molecule has 1 aliphatic rings. The number of carbonyl (C=O) groups is 1. The summed E-state index contributed by atoms with van der Waals surface area (Å²) < 4.78 is 41.6. The van der Waals surface area contributed by atoms with Gasteiger partial charge >= 0.3 is 0 Å². The third-order valence-corrected chi connectivity index (χ3v) is 4.79. The Morgan fingerprint density at radius 1 is 1.11 bits per heavy atom. The lowest BCUT2D eigenvalue weighted by molar-refractivity contribution is 0.102. The molecule has 1 amide bonds. The molecule has 1 heterocycles. The van der Waals surface area contributed by atoms with Gasteiger partial charge in [-0.25, -0.2) is 17.9 Å². The molecule has 0 saturated heterocycles. The molecule has 7 heteroatoms. The number of anilines is 1. The summed E-state index contributed by atoms with van der Waals surface area (Å²) in [5.74, 6) is -4.74. The number of rotatable bonds is 3. The maximum absolute atomic E-state index is 13.4.